The molecule has 552 valence electrons. The average molecular weight is 1460 g/mol. The Hall–Kier alpha value is -2.77. The average Bonchev–Trinajstić information content (AvgIpc) is 0.896. The van der Waals surface area contributed by atoms with Crippen molar-refractivity contribution in [2.45, 2.75) is 357 Å². The summed E-state index contributed by atoms with van der Waals surface area (Å²) in [7, 11) is -17.1. The van der Waals surface area contributed by atoms with Gasteiger partial charge < -0.3 is 18.2 Å². The second-order valence-electron chi connectivity index (χ2n) is 26.9. The van der Waals surface area contributed by atoms with Crippen LogP contribution in [0.3, 0.4) is 0 Å². The van der Waals surface area contributed by atoms with E-state index in [1.807, 2.05) is 24.3 Å². The first-order valence-corrected chi connectivity index (χ1v) is 44.1. The molecule has 0 aliphatic rings. The summed E-state index contributed by atoms with van der Waals surface area (Å²) in [6.07, 6.45) is 55.5. The van der Waals surface area contributed by atoms with Gasteiger partial charge in [0.2, 0.25) is 0 Å². The molecule has 0 aliphatic heterocycles. The van der Waals surface area contributed by atoms with Crippen LogP contribution in [0.5, 0.6) is 0 Å². The number of rotatable bonds is 56. The molecule has 0 aliphatic carbocycles. The van der Waals surface area contributed by atoms with Crippen LogP contribution in [0.25, 0.3) is 0 Å². The zero-order valence-corrected chi connectivity index (χ0v) is 65.7. The van der Waals surface area contributed by atoms with Gasteiger partial charge in [0, 0.05) is 0 Å². The minimum atomic E-state index is -4.28. The smallest absolute Gasteiger partial charge is 0.747 e. The fourth-order valence-electron chi connectivity index (χ4n) is 12.6. The van der Waals surface area contributed by atoms with Crippen molar-refractivity contribution in [3.63, 3.8) is 0 Å². The summed E-state index contributed by atoms with van der Waals surface area (Å²) in [5.41, 5.74) is 2.50. The number of unbranched alkanes of at least 4 members (excludes halogenated alkanes) is 40. The molecule has 17 heteroatoms. The van der Waals surface area contributed by atoms with E-state index in [0.29, 0.717) is 47.9 Å². The summed E-state index contributed by atoms with van der Waals surface area (Å²) < 4.78 is 138. The minimum Gasteiger partial charge on any atom is -0.747 e. The van der Waals surface area contributed by atoms with Gasteiger partial charge in [-0.15, -0.1) is 0 Å². The van der Waals surface area contributed by atoms with Gasteiger partial charge in [-0.25, -0.2) is 33.7 Å². The SMILES string of the molecule is CCCCCCCCCCCCCC(c1ccccc1)S(=O)(=O)[O-].CCCCCCCCCCCCCC(c1ccccc1)S(=O)(=O)[O-].CCCCCCCCCCCCCC(c1ccccc1)S(=O)(=O)[O-].CCCCCCCCCCCCCC(c1ccccc1)S(=O)(=O)[O-].[Ti+4]. The molecule has 0 radical (unpaired) electrons. The Morgan fingerprint density at radius 2 is 0.320 bits per heavy atom. The van der Waals surface area contributed by atoms with Crippen molar-refractivity contribution in [3.8, 4) is 0 Å². The molecule has 4 unspecified atom stereocenters. The quantitative estimate of drug-likeness (QED) is 0.0228. The van der Waals surface area contributed by atoms with Crippen molar-refractivity contribution in [1.29, 1.82) is 0 Å². The molecule has 4 rings (SSSR count). The van der Waals surface area contributed by atoms with Gasteiger partial charge in [0.25, 0.3) is 0 Å². The predicted molar refractivity (Wildman–Crippen MR) is 400 cm³/mol. The molecular weight excluding hydrogens is 1330 g/mol. The molecule has 4 aromatic rings. The first-order chi connectivity index (χ1) is 46.2. The van der Waals surface area contributed by atoms with E-state index in [2.05, 4.69) is 27.7 Å². The van der Waals surface area contributed by atoms with E-state index in [0.717, 1.165) is 77.0 Å². The second kappa shape index (κ2) is 61.9. The molecule has 4 aromatic carbocycles. The van der Waals surface area contributed by atoms with Crippen LogP contribution in [-0.2, 0) is 62.2 Å². The van der Waals surface area contributed by atoms with Gasteiger partial charge in [0.1, 0.15) is 40.5 Å². The fourth-order valence-corrected chi connectivity index (χ4v) is 16.3. The third-order valence-electron chi connectivity index (χ3n) is 18.4. The molecule has 97 heavy (non-hydrogen) atoms. The Morgan fingerprint density at radius 3 is 0.433 bits per heavy atom. The molecule has 4 atom stereocenters. The summed E-state index contributed by atoms with van der Waals surface area (Å²) >= 11 is 0. The van der Waals surface area contributed by atoms with Crippen LogP contribution in [0.2, 0.25) is 0 Å². The maximum Gasteiger partial charge on any atom is 4.00 e. The number of hydrogen-bond donors (Lipinski definition) is 0. The largest absolute Gasteiger partial charge is 4.00 e. The summed E-state index contributed by atoms with van der Waals surface area (Å²) in [6.45, 7) is 8.95. The Kier molecular flexibility index (Phi) is 60.1. The van der Waals surface area contributed by atoms with Crippen molar-refractivity contribution in [3.05, 3.63) is 144 Å². The molecule has 0 heterocycles. The molecule has 0 saturated heterocycles. The molecule has 0 spiro atoms. The van der Waals surface area contributed by atoms with Gasteiger partial charge in [-0.1, -0.05) is 432 Å². The van der Waals surface area contributed by atoms with Crippen molar-refractivity contribution in [2.24, 2.45) is 0 Å². The van der Waals surface area contributed by atoms with Crippen LogP contribution in [0.15, 0.2) is 121 Å². The van der Waals surface area contributed by atoms with Crippen LogP contribution in [-0.4, -0.2) is 51.9 Å². The van der Waals surface area contributed by atoms with Crippen molar-refractivity contribution >= 4 is 40.5 Å². The standard InChI is InChI=1S/4C20H34O3S.Ti/c4*1-2-3-4-5-6-7-8-9-10-11-15-18-20(24(21,22)23)19-16-13-12-14-17-19;/h4*12-14,16-17,20H,2-11,15,18H2,1H3,(H,21,22,23);/q;;;;+4/p-4. The summed E-state index contributed by atoms with van der Waals surface area (Å²) in [4.78, 5) is 0. The molecular formula is C80H132O12S4Ti. The molecule has 0 N–H and O–H groups in total. The zero-order valence-electron chi connectivity index (χ0n) is 60.8. The molecule has 12 nitrogen and oxygen atoms in total. The molecule has 0 bridgehead atoms. The minimum absolute atomic E-state index is 0. The monoisotopic (exact) mass is 1460 g/mol. The van der Waals surface area contributed by atoms with E-state index in [4.69, 9.17) is 0 Å². The predicted octanol–water partition coefficient (Wildman–Crippen LogP) is 23.9. The second-order valence-corrected chi connectivity index (χ2v) is 33.1. The molecule has 0 amide bonds. The van der Waals surface area contributed by atoms with E-state index in [1.165, 1.54) is 205 Å². The summed E-state index contributed by atoms with van der Waals surface area (Å²) in [5.74, 6) is 0. The van der Waals surface area contributed by atoms with Crippen LogP contribution < -0.4 is 0 Å². The van der Waals surface area contributed by atoms with Gasteiger partial charge in [0.15, 0.2) is 0 Å². The van der Waals surface area contributed by atoms with Crippen LogP contribution >= 0.6 is 0 Å². The third kappa shape index (κ3) is 52.8. The zero-order chi connectivity index (χ0) is 70.7. The normalized spacial score (nSPS) is 12.9. The Labute approximate surface area is 610 Å². The maximum absolute atomic E-state index is 11.5. The topological polar surface area (TPSA) is 229 Å². The third-order valence-corrected chi connectivity index (χ3v) is 23.2. The molecule has 0 aromatic heterocycles. The van der Waals surface area contributed by atoms with Gasteiger partial charge in [-0.05, 0) is 47.9 Å². The van der Waals surface area contributed by atoms with E-state index >= 15 is 0 Å². The number of benzene rings is 4. The van der Waals surface area contributed by atoms with E-state index < -0.39 is 61.5 Å². The number of hydrogen-bond acceptors (Lipinski definition) is 12. The summed E-state index contributed by atoms with van der Waals surface area (Å²) in [5, 5.41) is -3.57. The van der Waals surface area contributed by atoms with Crippen molar-refractivity contribution < 1.29 is 73.6 Å². The van der Waals surface area contributed by atoms with Gasteiger partial charge in [0.05, 0.1) is 21.0 Å². The van der Waals surface area contributed by atoms with E-state index in [1.54, 1.807) is 97.1 Å². The Bertz CT molecular complexity index is 2440. The molecule has 0 fully saturated rings. The first-order valence-electron chi connectivity index (χ1n) is 38.2. The van der Waals surface area contributed by atoms with Crippen LogP contribution in [0, 0.1) is 0 Å². The Morgan fingerprint density at radius 1 is 0.206 bits per heavy atom. The van der Waals surface area contributed by atoms with Crippen LogP contribution in [0.1, 0.15) is 379 Å². The van der Waals surface area contributed by atoms with Gasteiger partial charge >= 0.3 is 21.7 Å². The van der Waals surface area contributed by atoms with Crippen molar-refractivity contribution in [1.82, 2.24) is 0 Å². The first kappa shape index (κ1) is 94.2. The maximum atomic E-state index is 11.5. The Balaban J connectivity index is 0.00000126. The van der Waals surface area contributed by atoms with Crippen LogP contribution in [0.4, 0.5) is 0 Å². The fraction of sp³-hybridized carbons (Fsp3) is 0.700. The van der Waals surface area contributed by atoms with Gasteiger partial charge in [-0.3, -0.25) is 0 Å². The van der Waals surface area contributed by atoms with Crippen molar-refractivity contribution in [2.75, 3.05) is 0 Å². The summed E-state index contributed by atoms with van der Waals surface area (Å²) in [6, 6.07) is 35.5. The molecule has 0 saturated carbocycles. The van der Waals surface area contributed by atoms with E-state index in [9.17, 15) is 51.9 Å². The van der Waals surface area contributed by atoms with Gasteiger partial charge in [-0.2, -0.15) is 0 Å². The van der Waals surface area contributed by atoms with E-state index in [-0.39, 0.29) is 21.7 Å².